The van der Waals surface area contributed by atoms with E-state index in [1.54, 1.807) is 29.2 Å². The molecule has 1 atom stereocenters. The number of carbonyl (C=O) groups excluding carboxylic acids is 3. The summed E-state index contributed by atoms with van der Waals surface area (Å²) in [5, 5.41) is 20.3. The zero-order valence-electron chi connectivity index (χ0n) is 19.9. The van der Waals surface area contributed by atoms with Crippen molar-refractivity contribution in [2.75, 3.05) is 45.9 Å². The molecule has 36 heavy (non-hydrogen) atoms. The zero-order valence-corrected chi connectivity index (χ0v) is 19.9. The fraction of sp³-hybridized carbons (Fsp3) is 0.522. The standard InChI is InChI=1S/C23H32N6O7/c30-19(27-14-18(20(31)32)28-22(33)36-15-16-4-2-1-3-5-16)17-6-11-29(12-7-17)23(34)35-13-10-26-21-24-8-9-25-21/h1-5,17-18H,6-15H2,(H,27,30)(H,28,33)(H,31,32)(H2,24,25,26). The van der Waals surface area contributed by atoms with Gasteiger partial charge in [0.05, 0.1) is 13.1 Å². The van der Waals surface area contributed by atoms with Gasteiger partial charge in [-0.25, -0.2) is 14.4 Å². The fourth-order valence-electron chi connectivity index (χ4n) is 3.69. The summed E-state index contributed by atoms with van der Waals surface area (Å²) in [4.78, 5) is 53.9. The van der Waals surface area contributed by atoms with E-state index in [9.17, 15) is 24.3 Å². The number of rotatable bonds is 10. The Hall–Kier alpha value is -4.03. The lowest BCUT2D eigenvalue weighted by molar-refractivity contribution is -0.139. The van der Waals surface area contributed by atoms with Gasteiger partial charge >= 0.3 is 18.2 Å². The minimum atomic E-state index is -1.34. The Morgan fingerprint density at radius 3 is 2.56 bits per heavy atom. The van der Waals surface area contributed by atoms with Crippen molar-refractivity contribution < 1.29 is 33.8 Å². The van der Waals surface area contributed by atoms with Gasteiger partial charge in [-0.05, 0) is 18.4 Å². The van der Waals surface area contributed by atoms with Crippen molar-refractivity contribution in [2.24, 2.45) is 10.9 Å². The lowest BCUT2D eigenvalue weighted by atomic mass is 9.96. The molecule has 5 N–H and O–H groups in total. The summed E-state index contributed by atoms with van der Waals surface area (Å²) >= 11 is 0. The number of aliphatic carboxylic acids is 1. The van der Waals surface area contributed by atoms with E-state index in [0.717, 1.165) is 18.7 Å². The summed E-state index contributed by atoms with van der Waals surface area (Å²) < 4.78 is 10.3. The normalized spacial score (nSPS) is 16.2. The van der Waals surface area contributed by atoms with Crippen LogP contribution < -0.4 is 21.3 Å². The maximum absolute atomic E-state index is 12.5. The average molecular weight is 505 g/mol. The summed E-state index contributed by atoms with van der Waals surface area (Å²) in [5.74, 6) is -1.30. The lowest BCUT2D eigenvalue weighted by Gasteiger charge is -2.30. The van der Waals surface area contributed by atoms with Crippen LogP contribution in [0.3, 0.4) is 0 Å². The third-order valence-electron chi connectivity index (χ3n) is 5.70. The second kappa shape index (κ2) is 13.8. The number of carboxylic acids is 1. The van der Waals surface area contributed by atoms with E-state index < -0.39 is 24.2 Å². The molecule has 2 heterocycles. The largest absolute Gasteiger partial charge is 0.480 e. The van der Waals surface area contributed by atoms with Gasteiger partial charge in [-0.15, -0.1) is 0 Å². The van der Waals surface area contributed by atoms with Gasteiger partial charge in [0, 0.05) is 32.1 Å². The van der Waals surface area contributed by atoms with E-state index in [0.29, 0.717) is 38.4 Å². The van der Waals surface area contributed by atoms with E-state index in [4.69, 9.17) is 9.47 Å². The Bertz CT molecular complexity index is 934. The van der Waals surface area contributed by atoms with Crippen LogP contribution in [-0.4, -0.2) is 91.9 Å². The first-order chi connectivity index (χ1) is 17.4. The number of nitrogens with one attached hydrogen (secondary N) is 4. The van der Waals surface area contributed by atoms with Crippen molar-refractivity contribution in [3.05, 3.63) is 35.9 Å². The fourth-order valence-corrected chi connectivity index (χ4v) is 3.69. The van der Waals surface area contributed by atoms with Crippen LogP contribution in [0.25, 0.3) is 0 Å². The molecule has 0 aliphatic carbocycles. The number of hydrogen-bond acceptors (Lipinski definition) is 9. The summed E-state index contributed by atoms with van der Waals surface area (Å²) in [6.07, 6.45) is -0.495. The first kappa shape index (κ1) is 26.6. The van der Waals surface area contributed by atoms with Crippen molar-refractivity contribution >= 4 is 30.0 Å². The number of aliphatic imine (C=N–C) groups is 1. The molecule has 1 unspecified atom stereocenters. The lowest BCUT2D eigenvalue weighted by Crippen LogP contribution is -2.50. The topological polar surface area (TPSA) is 171 Å². The van der Waals surface area contributed by atoms with Crippen LogP contribution in [0.2, 0.25) is 0 Å². The molecule has 3 rings (SSSR count). The highest BCUT2D eigenvalue weighted by molar-refractivity contribution is 5.83. The Morgan fingerprint density at radius 2 is 1.89 bits per heavy atom. The molecule has 1 fully saturated rings. The van der Waals surface area contributed by atoms with Gasteiger partial charge in [-0.1, -0.05) is 30.3 Å². The Kier molecular flexibility index (Phi) is 10.2. The minimum Gasteiger partial charge on any atom is -0.480 e. The predicted molar refractivity (Wildman–Crippen MR) is 128 cm³/mol. The number of ether oxygens (including phenoxy) is 2. The average Bonchev–Trinajstić information content (AvgIpc) is 3.41. The molecular formula is C23H32N6O7. The van der Waals surface area contributed by atoms with Gasteiger partial charge in [0.1, 0.15) is 19.3 Å². The van der Waals surface area contributed by atoms with Gasteiger partial charge in [-0.2, -0.15) is 0 Å². The minimum absolute atomic E-state index is 0.00457. The Morgan fingerprint density at radius 1 is 1.14 bits per heavy atom. The highest BCUT2D eigenvalue weighted by Gasteiger charge is 2.29. The van der Waals surface area contributed by atoms with E-state index in [2.05, 4.69) is 26.3 Å². The predicted octanol–water partition coefficient (Wildman–Crippen LogP) is -0.120. The van der Waals surface area contributed by atoms with E-state index in [-0.39, 0.29) is 31.6 Å². The highest BCUT2D eigenvalue weighted by Crippen LogP contribution is 2.18. The number of amides is 3. The number of likely N-dealkylation sites (tertiary alicyclic amines) is 1. The molecule has 13 heteroatoms. The summed E-state index contributed by atoms with van der Waals surface area (Å²) in [6.45, 7) is 2.56. The maximum atomic E-state index is 12.5. The van der Waals surface area contributed by atoms with Gasteiger partial charge in [0.15, 0.2) is 5.96 Å². The maximum Gasteiger partial charge on any atom is 0.409 e. The van der Waals surface area contributed by atoms with Crippen molar-refractivity contribution in [2.45, 2.75) is 25.5 Å². The third-order valence-corrected chi connectivity index (χ3v) is 5.70. The SMILES string of the molecule is O=C(NC(CNC(=O)C1CCN(C(=O)OCCNC2=NCCN2)CC1)C(=O)O)OCc1ccccc1. The molecule has 3 amide bonds. The molecule has 196 valence electrons. The molecule has 13 nitrogen and oxygen atoms in total. The number of carbonyl (C=O) groups is 4. The van der Waals surface area contributed by atoms with Gasteiger partial charge < -0.3 is 40.7 Å². The van der Waals surface area contributed by atoms with Crippen LogP contribution in [0.1, 0.15) is 18.4 Å². The smallest absolute Gasteiger partial charge is 0.409 e. The van der Waals surface area contributed by atoms with Crippen molar-refractivity contribution in [1.82, 2.24) is 26.2 Å². The monoisotopic (exact) mass is 504 g/mol. The molecule has 0 bridgehead atoms. The van der Waals surface area contributed by atoms with Crippen LogP contribution >= 0.6 is 0 Å². The third kappa shape index (κ3) is 8.64. The van der Waals surface area contributed by atoms with Crippen LogP contribution in [0, 0.1) is 5.92 Å². The van der Waals surface area contributed by atoms with Crippen LogP contribution in [0.4, 0.5) is 9.59 Å². The van der Waals surface area contributed by atoms with Crippen molar-refractivity contribution in [3.63, 3.8) is 0 Å². The Labute approximate surface area is 208 Å². The number of benzene rings is 1. The zero-order chi connectivity index (χ0) is 25.8. The van der Waals surface area contributed by atoms with Gasteiger partial charge in [0.2, 0.25) is 5.91 Å². The van der Waals surface area contributed by atoms with Crippen molar-refractivity contribution in [3.8, 4) is 0 Å². The molecular weight excluding hydrogens is 472 g/mol. The van der Waals surface area contributed by atoms with Crippen molar-refractivity contribution in [1.29, 1.82) is 0 Å². The van der Waals surface area contributed by atoms with Crippen LogP contribution in [0.5, 0.6) is 0 Å². The second-order valence-electron chi connectivity index (χ2n) is 8.30. The molecule has 2 aliphatic heterocycles. The van der Waals surface area contributed by atoms with E-state index in [1.165, 1.54) is 0 Å². The quantitative estimate of drug-likeness (QED) is 0.273. The second-order valence-corrected chi connectivity index (χ2v) is 8.30. The number of guanidine groups is 1. The van der Waals surface area contributed by atoms with Crippen LogP contribution in [0.15, 0.2) is 35.3 Å². The number of carboxylic acid groups (broad SMARTS) is 1. The number of piperidine rings is 1. The number of hydrogen-bond donors (Lipinski definition) is 5. The molecule has 2 aliphatic rings. The molecule has 0 spiro atoms. The molecule has 1 saturated heterocycles. The number of nitrogens with zero attached hydrogens (tertiary/aromatic N) is 2. The molecule has 0 saturated carbocycles. The highest BCUT2D eigenvalue weighted by atomic mass is 16.6. The van der Waals surface area contributed by atoms with E-state index >= 15 is 0 Å². The molecule has 1 aromatic carbocycles. The number of alkyl carbamates (subject to hydrolysis) is 1. The molecule has 0 radical (unpaired) electrons. The summed E-state index contributed by atoms with van der Waals surface area (Å²) in [6, 6.07) is 7.62. The first-order valence-corrected chi connectivity index (χ1v) is 11.8. The molecule has 0 aromatic heterocycles. The Balaban J connectivity index is 1.32. The summed E-state index contributed by atoms with van der Waals surface area (Å²) in [5.41, 5.74) is 0.760. The first-order valence-electron chi connectivity index (χ1n) is 11.8. The van der Waals surface area contributed by atoms with E-state index in [1.807, 2.05) is 6.07 Å². The van der Waals surface area contributed by atoms with Gasteiger partial charge in [-0.3, -0.25) is 9.79 Å². The summed E-state index contributed by atoms with van der Waals surface area (Å²) in [7, 11) is 0. The van der Waals surface area contributed by atoms with Crippen LogP contribution in [-0.2, 0) is 25.7 Å². The molecule has 1 aromatic rings. The van der Waals surface area contributed by atoms with Gasteiger partial charge in [0.25, 0.3) is 0 Å².